The molecule has 0 heterocycles. The largest absolute Gasteiger partial charge is 0.393 e. The van der Waals surface area contributed by atoms with Crippen LogP contribution in [0, 0.1) is 23.7 Å². The second-order valence-electron chi connectivity index (χ2n) is 13.2. The molecular weight excluding hydrogens is 708 g/mol. The molecule has 0 spiro atoms. The molecule has 0 saturated heterocycles. The lowest BCUT2D eigenvalue weighted by atomic mass is 9.85. The van der Waals surface area contributed by atoms with Crippen LogP contribution >= 0.6 is 15.9 Å². The minimum Gasteiger partial charge on any atom is -0.393 e. The first-order valence-corrected chi connectivity index (χ1v) is 18.9. The number of carbonyl (C=O) groups excluding carboxylic acids is 3. The quantitative estimate of drug-likeness (QED) is 0.148. The fourth-order valence-electron chi connectivity index (χ4n) is 5.43. The van der Waals surface area contributed by atoms with Crippen LogP contribution in [0.3, 0.4) is 0 Å². The molecule has 0 aliphatic carbocycles. The van der Waals surface area contributed by atoms with Crippen molar-refractivity contribution in [3.63, 3.8) is 0 Å². The van der Waals surface area contributed by atoms with Gasteiger partial charge in [0.1, 0.15) is 6.04 Å². The Morgan fingerprint density at radius 1 is 0.816 bits per heavy atom. The Labute approximate surface area is 299 Å². The van der Waals surface area contributed by atoms with E-state index in [-0.39, 0.29) is 47.9 Å². The maximum absolute atomic E-state index is 13.4. The smallest absolute Gasteiger partial charge is 0.251 e. The van der Waals surface area contributed by atoms with Gasteiger partial charge < -0.3 is 21.1 Å². The summed E-state index contributed by atoms with van der Waals surface area (Å²) in [4.78, 5) is 39.7. The number of halogens is 1. The van der Waals surface area contributed by atoms with Crippen molar-refractivity contribution < 1.29 is 27.9 Å². The van der Waals surface area contributed by atoms with Crippen molar-refractivity contribution in [3.8, 4) is 0 Å². The van der Waals surface area contributed by atoms with E-state index in [4.69, 9.17) is 0 Å². The van der Waals surface area contributed by atoms with Crippen LogP contribution in [0.5, 0.6) is 0 Å². The van der Waals surface area contributed by atoms with Gasteiger partial charge in [0.15, 0.2) is 0 Å². The Hall–Kier alpha value is -3.74. The Balaban J connectivity index is 1.67. The molecule has 4 N–H and O–H groups in total. The maximum Gasteiger partial charge on any atom is 0.251 e. The average molecular weight is 758 g/mol. The van der Waals surface area contributed by atoms with Crippen LogP contribution < -0.4 is 20.3 Å². The van der Waals surface area contributed by atoms with Crippen molar-refractivity contribution in [2.24, 2.45) is 23.7 Å². The Kier molecular flexibility index (Phi) is 14.8. The predicted molar refractivity (Wildman–Crippen MR) is 197 cm³/mol. The van der Waals surface area contributed by atoms with E-state index >= 15 is 0 Å². The van der Waals surface area contributed by atoms with Gasteiger partial charge in [-0.15, -0.1) is 0 Å². The number of hydrogen-bond donors (Lipinski definition) is 4. The SMILES string of the molecule is CC(C)C(O)[C@H](CNC(=O)c1cc(Br)cc(N(C)S(=O)(=O)Cc2ccccc2)c1)C[C@@H](C)C(=O)N[C@H](C(=O)NCc1ccccc1)C(C)C. The molecule has 0 aromatic heterocycles. The first kappa shape index (κ1) is 39.7. The second-order valence-corrected chi connectivity index (χ2v) is 16.1. The van der Waals surface area contributed by atoms with Gasteiger partial charge in [-0.2, -0.15) is 0 Å². The van der Waals surface area contributed by atoms with E-state index in [1.54, 1.807) is 43.3 Å². The zero-order valence-electron chi connectivity index (χ0n) is 29.0. The molecule has 49 heavy (non-hydrogen) atoms. The van der Waals surface area contributed by atoms with Crippen molar-refractivity contribution in [2.75, 3.05) is 17.9 Å². The van der Waals surface area contributed by atoms with E-state index in [0.29, 0.717) is 22.3 Å². The van der Waals surface area contributed by atoms with Gasteiger partial charge in [-0.05, 0) is 47.6 Å². The van der Waals surface area contributed by atoms with Crippen LogP contribution in [0.2, 0.25) is 0 Å². The van der Waals surface area contributed by atoms with E-state index in [0.717, 1.165) is 9.87 Å². The number of nitrogens with zero attached hydrogens (tertiary/aromatic N) is 1. The minimum atomic E-state index is -3.74. The molecule has 3 rings (SSSR count). The summed E-state index contributed by atoms with van der Waals surface area (Å²) in [6.07, 6.45) is -0.565. The number of aliphatic hydroxyl groups excluding tert-OH is 1. The number of rotatable bonds is 17. The summed E-state index contributed by atoms with van der Waals surface area (Å²) >= 11 is 3.40. The first-order chi connectivity index (χ1) is 23.1. The van der Waals surface area contributed by atoms with E-state index in [1.807, 2.05) is 64.1 Å². The van der Waals surface area contributed by atoms with Crippen molar-refractivity contribution in [1.82, 2.24) is 16.0 Å². The molecule has 0 aliphatic heterocycles. The Bertz CT molecular complexity index is 1650. The third-order valence-electron chi connectivity index (χ3n) is 8.47. The lowest BCUT2D eigenvalue weighted by Crippen LogP contribution is -2.51. The highest BCUT2D eigenvalue weighted by Gasteiger charge is 2.31. The summed E-state index contributed by atoms with van der Waals surface area (Å²) in [5.41, 5.74) is 2.14. The highest BCUT2D eigenvalue weighted by molar-refractivity contribution is 9.10. The fourth-order valence-corrected chi connectivity index (χ4v) is 7.14. The van der Waals surface area contributed by atoms with Gasteiger partial charge in [0.2, 0.25) is 21.8 Å². The third kappa shape index (κ3) is 12.0. The minimum absolute atomic E-state index is 0.0744. The topological polar surface area (TPSA) is 145 Å². The third-order valence-corrected chi connectivity index (χ3v) is 10.7. The molecule has 0 saturated carbocycles. The van der Waals surface area contributed by atoms with Crippen LogP contribution in [-0.4, -0.2) is 57.0 Å². The lowest BCUT2D eigenvalue weighted by molar-refractivity contribution is -0.132. The number of amides is 3. The number of sulfonamides is 1. The molecule has 1 unspecified atom stereocenters. The molecule has 0 aliphatic rings. The molecule has 3 aromatic rings. The summed E-state index contributed by atoms with van der Waals surface area (Å²) < 4.78 is 28.0. The van der Waals surface area contributed by atoms with Gasteiger partial charge in [-0.1, -0.05) is 111 Å². The molecule has 0 fully saturated rings. The maximum atomic E-state index is 13.4. The molecule has 3 amide bonds. The standard InChI is InChI=1S/C37H49BrN4O6S/c1-24(2)33(37(46)39-21-27-13-9-7-10-14-27)41-35(44)26(5)17-30(34(43)25(3)4)22-40-36(45)29-18-31(38)20-32(19-29)42(6)49(47,48)23-28-15-11-8-12-16-28/h7-16,18-20,24-26,30,33-34,43H,17,21-23H2,1-6H3,(H,39,46)(H,40,45)(H,41,44)/t26-,30+,33+,34?/m1/s1. The molecule has 0 bridgehead atoms. The van der Waals surface area contributed by atoms with Gasteiger partial charge >= 0.3 is 0 Å². The number of hydrogen-bond acceptors (Lipinski definition) is 6. The monoisotopic (exact) mass is 756 g/mol. The van der Waals surface area contributed by atoms with Crippen molar-refractivity contribution >= 4 is 49.4 Å². The van der Waals surface area contributed by atoms with Crippen molar-refractivity contribution in [3.05, 3.63) is 100 Å². The normalized spacial score (nSPS) is 14.1. The molecular formula is C37H49BrN4O6S. The van der Waals surface area contributed by atoms with E-state index in [2.05, 4.69) is 31.9 Å². The zero-order chi connectivity index (χ0) is 36.3. The molecule has 266 valence electrons. The van der Waals surface area contributed by atoms with Gasteiger partial charge in [-0.3, -0.25) is 18.7 Å². The van der Waals surface area contributed by atoms with Crippen molar-refractivity contribution in [1.29, 1.82) is 0 Å². The lowest BCUT2D eigenvalue weighted by Gasteiger charge is -2.29. The molecule has 3 aromatic carbocycles. The average Bonchev–Trinajstić information content (AvgIpc) is 3.07. The second kappa shape index (κ2) is 18.3. The van der Waals surface area contributed by atoms with Crippen LogP contribution in [0.4, 0.5) is 5.69 Å². The summed E-state index contributed by atoms with van der Waals surface area (Å²) in [5, 5.41) is 19.7. The number of benzene rings is 3. The Morgan fingerprint density at radius 3 is 1.98 bits per heavy atom. The predicted octanol–water partition coefficient (Wildman–Crippen LogP) is 5.26. The fraction of sp³-hybridized carbons (Fsp3) is 0.432. The number of nitrogens with one attached hydrogen (secondary N) is 3. The van der Waals surface area contributed by atoms with Crippen LogP contribution in [0.25, 0.3) is 0 Å². The molecule has 0 radical (unpaired) electrons. The number of carbonyl (C=O) groups is 3. The molecule has 10 nitrogen and oxygen atoms in total. The van der Waals surface area contributed by atoms with Crippen LogP contribution in [-0.2, 0) is 31.9 Å². The summed E-state index contributed by atoms with van der Waals surface area (Å²) in [5.74, 6) is -2.61. The summed E-state index contributed by atoms with van der Waals surface area (Å²) in [6, 6.07) is 22.3. The number of aliphatic hydroxyl groups is 1. The van der Waals surface area contributed by atoms with Gasteiger partial charge in [0.25, 0.3) is 5.91 Å². The van der Waals surface area contributed by atoms with Gasteiger partial charge in [-0.25, -0.2) is 8.42 Å². The van der Waals surface area contributed by atoms with E-state index in [1.165, 1.54) is 13.1 Å². The highest BCUT2D eigenvalue weighted by atomic mass is 79.9. The van der Waals surface area contributed by atoms with Crippen LogP contribution in [0.1, 0.15) is 62.5 Å². The van der Waals surface area contributed by atoms with Gasteiger partial charge in [0, 0.05) is 42.0 Å². The first-order valence-electron chi connectivity index (χ1n) is 16.5. The van der Waals surface area contributed by atoms with Crippen LogP contribution in [0.15, 0.2) is 83.3 Å². The molecule has 12 heteroatoms. The van der Waals surface area contributed by atoms with Crippen molar-refractivity contribution in [2.45, 2.75) is 65.5 Å². The van der Waals surface area contributed by atoms with E-state index in [9.17, 15) is 27.9 Å². The summed E-state index contributed by atoms with van der Waals surface area (Å²) in [7, 11) is -2.30. The zero-order valence-corrected chi connectivity index (χ0v) is 31.4. The summed E-state index contributed by atoms with van der Waals surface area (Å²) in [6.45, 7) is 9.61. The highest BCUT2D eigenvalue weighted by Crippen LogP contribution is 2.26. The van der Waals surface area contributed by atoms with E-state index < -0.39 is 39.9 Å². The Morgan fingerprint density at radius 2 is 1.41 bits per heavy atom. The number of anilines is 1. The van der Waals surface area contributed by atoms with Gasteiger partial charge in [0.05, 0.1) is 17.5 Å². The molecule has 4 atom stereocenters.